The van der Waals surface area contributed by atoms with E-state index in [1.165, 1.54) is 31.3 Å². The molecule has 2 aliphatic heterocycles. The van der Waals surface area contributed by atoms with Crippen LogP contribution < -0.4 is 9.64 Å². The van der Waals surface area contributed by atoms with Crippen LogP contribution in [0.3, 0.4) is 0 Å². The van der Waals surface area contributed by atoms with Gasteiger partial charge in [-0.2, -0.15) is 10.4 Å². The number of thioether (sulfide) groups is 1. The highest BCUT2D eigenvalue weighted by molar-refractivity contribution is 8.09. The highest BCUT2D eigenvalue weighted by atomic mass is 35.5. The highest BCUT2D eigenvalue weighted by Gasteiger charge is 2.50. The number of hydrogen-bond donors (Lipinski definition) is 0. The molecule has 5 heterocycles. The minimum atomic E-state index is -0.628. The summed E-state index contributed by atoms with van der Waals surface area (Å²) >= 11 is 7.66. The monoisotopic (exact) mass is 495 g/mol. The Labute approximate surface area is 203 Å². The van der Waals surface area contributed by atoms with Crippen LogP contribution in [-0.4, -0.2) is 61.5 Å². The molecule has 172 valence electrons. The molecule has 2 aliphatic rings. The van der Waals surface area contributed by atoms with Gasteiger partial charge in [-0.25, -0.2) is 14.7 Å². The van der Waals surface area contributed by atoms with Crippen molar-refractivity contribution < 1.29 is 14.3 Å². The quantitative estimate of drug-likeness (QED) is 0.495. The fourth-order valence-electron chi connectivity index (χ4n) is 4.19. The number of imide groups is 1. The molecule has 0 spiro atoms. The molecule has 1 fully saturated rings. The van der Waals surface area contributed by atoms with E-state index in [1.807, 2.05) is 6.08 Å². The van der Waals surface area contributed by atoms with Crippen LogP contribution in [0.4, 0.5) is 10.5 Å². The third kappa shape index (κ3) is 3.46. The molecule has 3 aromatic rings. The maximum atomic E-state index is 13.7. The first-order valence-electron chi connectivity index (χ1n) is 10.3. The number of methoxy groups -OCH3 is 1. The van der Waals surface area contributed by atoms with E-state index in [1.54, 1.807) is 35.1 Å². The zero-order valence-electron chi connectivity index (χ0n) is 18.2. The fraction of sp³-hybridized carbons (Fsp3) is 0.273. The van der Waals surface area contributed by atoms with Crippen molar-refractivity contribution in [3.63, 3.8) is 0 Å². The Morgan fingerprint density at radius 3 is 2.85 bits per heavy atom. The normalized spacial score (nSPS) is 19.9. The summed E-state index contributed by atoms with van der Waals surface area (Å²) < 4.78 is 6.87. The lowest BCUT2D eigenvalue weighted by Crippen LogP contribution is -2.62. The molecular weight excluding hydrogens is 478 g/mol. The van der Waals surface area contributed by atoms with Gasteiger partial charge >= 0.3 is 6.03 Å². The maximum absolute atomic E-state index is 13.7. The molecule has 0 radical (unpaired) electrons. The van der Waals surface area contributed by atoms with Crippen molar-refractivity contribution in [3.05, 3.63) is 47.6 Å². The predicted octanol–water partition coefficient (Wildman–Crippen LogP) is 3.23. The number of anilines is 1. The minimum Gasteiger partial charge on any atom is -0.495 e. The molecular formula is C22H18ClN7O3S. The van der Waals surface area contributed by atoms with Crippen LogP contribution >= 0.6 is 23.4 Å². The molecule has 34 heavy (non-hydrogen) atoms. The second-order valence-corrected chi connectivity index (χ2v) is 9.24. The molecule has 0 bridgehead atoms. The average molecular weight is 496 g/mol. The van der Waals surface area contributed by atoms with Crippen LogP contribution in [0.25, 0.3) is 15.8 Å². The molecule has 0 aliphatic carbocycles. The first-order chi connectivity index (χ1) is 16.4. The number of ether oxygens (including phenoxy) is 1. The van der Waals surface area contributed by atoms with Gasteiger partial charge in [-0.05, 0) is 12.1 Å². The Balaban J connectivity index is 1.59. The van der Waals surface area contributed by atoms with E-state index < -0.39 is 17.3 Å². The minimum absolute atomic E-state index is 0.125. The summed E-state index contributed by atoms with van der Waals surface area (Å²) in [4.78, 5) is 39.1. The second kappa shape index (κ2) is 8.62. The molecule has 5 rings (SSSR count). The van der Waals surface area contributed by atoms with Crippen LogP contribution in [0.2, 0.25) is 5.15 Å². The van der Waals surface area contributed by atoms with Gasteiger partial charge in [0, 0.05) is 35.6 Å². The smallest absolute Gasteiger partial charge is 0.332 e. The molecule has 2 atom stereocenters. The van der Waals surface area contributed by atoms with Gasteiger partial charge in [0.15, 0.2) is 0 Å². The van der Waals surface area contributed by atoms with Gasteiger partial charge < -0.3 is 9.64 Å². The Hall–Kier alpha value is -3.62. The zero-order chi connectivity index (χ0) is 24.0. The number of urea groups is 1. The van der Waals surface area contributed by atoms with Crippen molar-refractivity contribution >= 4 is 56.8 Å². The van der Waals surface area contributed by atoms with Crippen molar-refractivity contribution in [3.8, 4) is 11.8 Å². The second-order valence-electron chi connectivity index (χ2n) is 7.70. The molecule has 3 aromatic heterocycles. The van der Waals surface area contributed by atoms with Gasteiger partial charge in [-0.15, -0.1) is 11.8 Å². The zero-order valence-corrected chi connectivity index (χ0v) is 19.7. The number of carbonyl (C=O) groups excluding carboxylic acids is 2. The first-order valence-corrected chi connectivity index (χ1v) is 11.6. The number of fused-ring (bicyclic) bond motifs is 2. The number of hydrogen-bond acceptors (Lipinski definition) is 8. The Kier molecular flexibility index (Phi) is 5.63. The molecule has 0 aromatic carbocycles. The van der Waals surface area contributed by atoms with Gasteiger partial charge in [0.05, 0.1) is 55.4 Å². The Bertz CT molecular complexity index is 1400. The fourth-order valence-corrected chi connectivity index (χ4v) is 5.80. The largest absolute Gasteiger partial charge is 0.495 e. The van der Waals surface area contributed by atoms with Crippen molar-refractivity contribution in [1.29, 1.82) is 5.26 Å². The lowest BCUT2D eigenvalue weighted by Gasteiger charge is -2.40. The van der Waals surface area contributed by atoms with E-state index in [9.17, 15) is 14.9 Å². The van der Waals surface area contributed by atoms with Crippen LogP contribution in [-0.2, 0) is 11.8 Å². The predicted molar refractivity (Wildman–Crippen MR) is 127 cm³/mol. The van der Waals surface area contributed by atoms with Crippen molar-refractivity contribution in [1.82, 2.24) is 24.6 Å². The SMILES string of the molecule is COc1cnc(Cl)c(C2=CC3C(S2)C(=O)N(c2cncc4cnn(C)c24)C(=O)N3CCC#N)c1. The Morgan fingerprint density at radius 2 is 2.09 bits per heavy atom. The number of rotatable bonds is 5. The lowest BCUT2D eigenvalue weighted by atomic mass is 10.0. The van der Waals surface area contributed by atoms with E-state index in [-0.39, 0.29) is 24.0 Å². The summed E-state index contributed by atoms with van der Waals surface area (Å²) in [5.74, 6) is 0.150. The van der Waals surface area contributed by atoms with Crippen molar-refractivity contribution in [2.75, 3.05) is 18.6 Å². The average Bonchev–Trinajstić information content (AvgIpc) is 3.44. The van der Waals surface area contributed by atoms with E-state index in [0.29, 0.717) is 32.8 Å². The number of aryl methyl sites for hydroxylation is 1. The molecule has 10 nitrogen and oxygen atoms in total. The number of nitrogens with zero attached hydrogens (tertiary/aromatic N) is 7. The van der Waals surface area contributed by atoms with Crippen LogP contribution in [0.1, 0.15) is 12.0 Å². The van der Waals surface area contributed by atoms with Gasteiger partial charge in [-0.1, -0.05) is 11.6 Å². The van der Waals surface area contributed by atoms with Crippen LogP contribution in [0.15, 0.2) is 36.9 Å². The standard InChI is InChI=1S/C22H18ClN7O3S/c1-28-18-12(9-27-28)8-25-11-16(18)30-21(31)19-15(29(22(30)32)5-3-4-24)7-17(34-19)14-6-13(33-2)10-26-20(14)23/h6-11,15,19H,3,5H2,1-2H3. The number of amides is 3. The van der Waals surface area contributed by atoms with Gasteiger partial charge in [0.25, 0.3) is 5.91 Å². The number of carbonyl (C=O) groups is 2. The molecule has 2 unspecified atom stereocenters. The molecule has 0 N–H and O–H groups in total. The van der Waals surface area contributed by atoms with E-state index in [2.05, 4.69) is 21.1 Å². The number of halogens is 1. The lowest BCUT2D eigenvalue weighted by molar-refractivity contribution is -0.119. The van der Waals surface area contributed by atoms with E-state index in [4.69, 9.17) is 16.3 Å². The number of nitriles is 1. The summed E-state index contributed by atoms with van der Waals surface area (Å²) in [7, 11) is 3.27. The summed E-state index contributed by atoms with van der Waals surface area (Å²) in [6.45, 7) is 0.170. The van der Waals surface area contributed by atoms with Crippen molar-refractivity contribution in [2.24, 2.45) is 7.05 Å². The number of aromatic nitrogens is 4. The molecule has 1 saturated heterocycles. The van der Waals surface area contributed by atoms with Crippen molar-refractivity contribution in [2.45, 2.75) is 17.7 Å². The number of pyridine rings is 2. The Morgan fingerprint density at radius 1 is 1.26 bits per heavy atom. The third-order valence-electron chi connectivity index (χ3n) is 5.79. The van der Waals surface area contributed by atoms with Gasteiger partial charge in [0.2, 0.25) is 0 Å². The first kappa shape index (κ1) is 22.2. The van der Waals surface area contributed by atoms with E-state index >= 15 is 0 Å². The third-order valence-corrected chi connectivity index (χ3v) is 7.43. The highest BCUT2D eigenvalue weighted by Crippen LogP contribution is 2.47. The van der Waals surface area contributed by atoms with Crippen LogP contribution in [0.5, 0.6) is 5.75 Å². The van der Waals surface area contributed by atoms with E-state index in [0.717, 1.165) is 4.90 Å². The van der Waals surface area contributed by atoms with Gasteiger partial charge in [0.1, 0.15) is 16.2 Å². The summed E-state index contributed by atoms with van der Waals surface area (Å²) in [5.41, 5.74) is 1.58. The maximum Gasteiger partial charge on any atom is 0.332 e. The summed E-state index contributed by atoms with van der Waals surface area (Å²) in [5, 5.41) is 13.8. The van der Waals surface area contributed by atoms with Gasteiger partial charge in [-0.3, -0.25) is 14.5 Å². The molecule has 3 amide bonds. The van der Waals surface area contributed by atoms with Crippen LogP contribution in [0, 0.1) is 11.3 Å². The topological polar surface area (TPSA) is 117 Å². The molecule has 12 heteroatoms. The molecule has 0 saturated carbocycles. The summed E-state index contributed by atoms with van der Waals surface area (Å²) in [6, 6.07) is 2.78. The summed E-state index contributed by atoms with van der Waals surface area (Å²) in [6.07, 6.45) is 8.22.